The minimum absolute atomic E-state index is 0.341. The van der Waals surface area contributed by atoms with Gasteiger partial charge in [-0.2, -0.15) is 4.99 Å². The molecule has 19 heavy (non-hydrogen) atoms. The Morgan fingerprint density at radius 2 is 2.11 bits per heavy atom. The van der Waals surface area contributed by atoms with E-state index in [1.54, 1.807) is 6.26 Å². The first-order valence-electron chi connectivity index (χ1n) is 5.76. The molecule has 0 fully saturated rings. The lowest BCUT2D eigenvalue weighted by molar-refractivity contribution is 0.271. The average molecular weight is 274 g/mol. The summed E-state index contributed by atoms with van der Waals surface area (Å²) < 4.78 is 10.4. The van der Waals surface area contributed by atoms with Crippen LogP contribution in [0, 0.1) is 0 Å². The molecule has 0 radical (unpaired) electrons. The molecule has 0 N–H and O–H groups in total. The summed E-state index contributed by atoms with van der Waals surface area (Å²) in [6, 6.07) is 13.4. The van der Waals surface area contributed by atoms with E-state index in [1.165, 1.54) is 6.40 Å². The molecule has 0 unspecified atom stereocenters. The van der Waals surface area contributed by atoms with Gasteiger partial charge >= 0.3 is 0 Å². The summed E-state index contributed by atoms with van der Waals surface area (Å²) in [7, 11) is 1.86. The molecule has 1 aromatic heterocycles. The third-order valence-electron chi connectivity index (χ3n) is 2.47. The number of para-hydroxylation sites is 1. The second kappa shape index (κ2) is 6.70. The predicted molar refractivity (Wildman–Crippen MR) is 79.4 cm³/mol. The van der Waals surface area contributed by atoms with E-state index in [0.717, 1.165) is 11.4 Å². The first-order chi connectivity index (χ1) is 9.27. The molecule has 0 amide bonds. The first kappa shape index (κ1) is 13.3. The van der Waals surface area contributed by atoms with Crippen molar-refractivity contribution in [3.05, 3.63) is 54.5 Å². The predicted octanol–water partition coefficient (Wildman–Crippen LogP) is 3.25. The monoisotopic (exact) mass is 274 g/mol. The minimum atomic E-state index is 0.341. The number of anilines is 1. The number of aliphatic imine (C=N–C) groups is 1. The summed E-state index contributed by atoms with van der Waals surface area (Å²) in [5.74, 6) is 0.744. The van der Waals surface area contributed by atoms with Gasteiger partial charge in [0.05, 0.1) is 6.26 Å². The van der Waals surface area contributed by atoms with Crippen molar-refractivity contribution < 1.29 is 9.15 Å². The molecule has 0 aliphatic heterocycles. The van der Waals surface area contributed by atoms with Crippen LogP contribution in [0.1, 0.15) is 5.76 Å². The largest absolute Gasteiger partial charge is 0.475 e. The van der Waals surface area contributed by atoms with E-state index in [2.05, 4.69) is 4.99 Å². The van der Waals surface area contributed by atoms with E-state index in [4.69, 9.17) is 21.4 Å². The number of furan rings is 1. The lowest BCUT2D eigenvalue weighted by atomic mass is 10.3. The highest BCUT2D eigenvalue weighted by molar-refractivity contribution is 7.80. The van der Waals surface area contributed by atoms with Crippen LogP contribution in [0.3, 0.4) is 0 Å². The Balaban J connectivity index is 1.83. The lowest BCUT2D eigenvalue weighted by Crippen LogP contribution is -2.22. The molecule has 1 heterocycles. The zero-order chi connectivity index (χ0) is 13.5. The van der Waals surface area contributed by atoms with Crippen molar-refractivity contribution >= 4 is 29.4 Å². The third kappa shape index (κ3) is 3.93. The highest BCUT2D eigenvalue weighted by Gasteiger charge is 2.03. The average Bonchev–Trinajstić information content (AvgIpc) is 2.96. The van der Waals surface area contributed by atoms with Gasteiger partial charge in [0.15, 0.2) is 6.40 Å². The number of hydrogen-bond acceptors (Lipinski definition) is 3. The summed E-state index contributed by atoms with van der Waals surface area (Å²) in [5, 5.41) is 0.436. The Hall–Kier alpha value is -2.14. The van der Waals surface area contributed by atoms with Crippen LogP contribution in [0.2, 0.25) is 0 Å². The van der Waals surface area contributed by atoms with Crippen LogP contribution in [0.5, 0.6) is 0 Å². The fourth-order valence-corrected chi connectivity index (χ4v) is 1.59. The number of rotatable bonds is 4. The maximum atomic E-state index is 5.24. The van der Waals surface area contributed by atoms with Crippen LogP contribution in [0.4, 0.5) is 5.69 Å². The Morgan fingerprint density at radius 3 is 2.79 bits per heavy atom. The molecule has 2 rings (SSSR count). The quantitative estimate of drug-likeness (QED) is 0.487. The van der Waals surface area contributed by atoms with Crippen molar-refractivity contribution in [2.75, 3.05) is 11.9 Å². The molecule has 0 spiro atoms. The number of benzene rings is 1. The Morgan fingerprint density at radius 1 is 1.32 bits per heavy atom. The molecule has 1 aromatic carbocycles. The van der Waals surface area contributed by atoms with Crippen molar-refractivity contribution in [2.24, 2.45) is 4.99 Å². The van der Waals surface area contributed by atoms with Gasteiger partial charge in [-0.05, 0) is 36.5 Å². The summed E-state index contributed by atoms with van der Waals surface area (Å²) >= 11 is 5.20. The van der Waals surface area contributed by atoms with Gasteiger partial charge in [-0.3, -0.25) is 0 Å². The number of nitrogens with zero attached hydrogens (tertiary/aromatic N) is 2. The Bertz CT molecular complexity index is 538. The molecule has 0 bridgehead atoms. The van der Waals surface area contributed by atoms with Gasteiger partial charge in [0.25, 0.3) is 0 Å². The normalized spacial score (nSPS) is 10.6. The van der Waals surface area contributed by atoms with Crippen molar-refractivity contribution in [2.45, 2.75) is 6.61 Å². The van der Waals surface area contributed by atoms with Gasteiger partial charge in [0, 0.05) is 12.7 Å². The molecule has 5 heteroatoms. The van der Waals surface area contributed by atoms with E-state index in [-0.39, 0.29) is 0 Å². The molecule has 0 aliphatic carbocycles. The van der Waals surface area contributed by atoms with Gasteiger partial charge < -0.3 is 14.1 Å². The van der Waals surface area contributed by atoms with E-state index < -0.39 is 0 Å². The fraction of sp³-hybridized carbons (Fsp3) is 0.143. The maximum Gasteiger partial charge on any atom is 0.202 e. The number of thiocarbonyl (C=S) groups is 1. The van der Waals surface area contributed by atoms with Gasteiger partial charge in [-0.15, -0.1) is 0 Å². The van der Waals surface area contributed by atoms with Crippen LogP contribution in [-0.4, -0.2) is 18.6 Å². The molecular weight excluding hydrogens is 260 g/mol. The van der Waals surface area contributed by atoms with Crippen LogP contribution < -0.4 is 4.90 Å². The highest BCUT2D eigenvalue weighted by atomic mass is 32.1. The lowest BCUT2D eigenvalue weighted by Gasteiger charge is -2.16. The van der Waals surface area contributed by atoms with E-state index in [0.29, 0.717) is 11.7 Å². The van der Waals surface area contributed by atoms with E-state index in [1.807, 2.05) is 54.4 Å². The summed E-state index contributed by atoms with van der Waals surface area (Å²) in [5.41, 5.74) is 0.982. The third-order valence-corrected chi connectivity index (χ3v) is 2.85. The molecule has 2 aromatic rings. The SMILES string of the molecule is CN(C(=S)/N=C/OCc1ccco1)c1ccccc1. The Kier molecular flexibility index (Phi) is 4.69. The van der Waals surface area contributed by atoms with Crippen LogP contribution in [0.15, 0.2) is 58.1 Å². The smallest absolute Gasteiger partial charge is 0.202 e. The standard InChI is InChI=1S/C14H14N2O2S/c1-16(12-6-3-2-4-7-12)14(19)15-11-17-10-13-8-5-9-18-13/h2-9,11H,10H2,1H3/b15-11+. The molecule has 98 valence electrons. The van der Waals surface area contributed by atoms with Crippen molar-refractivity contribution in [3.63, 3.8) is 0 Å². The second-order valence-electron chi connectivity index (χ2n) is 3.80. The van der Waals surface area contributed by atoms with E-state index in [9.17, 15) is 0 Å². The van der Waals surface area contributed by atoms with Crippen LogP contribution in [0.25, 0.3) is 0 Å². The highest BCUT2D eigenvalue weighted by Crippen LogP contribution is 2.11. The summed E-state index contributed by atoms with van der Waals surface area (Å²) in [4.78, 5) is 5.88. The van der Waals surface area contributed by atoms with Crippen LogP contribution in [-0.2, 0) is 11.3 Å². The zero-order valence-corrected chi connectivity index (χ0v) is 11.3. The summed E-state index contributed by atoms with van der Waals surface area (Å²) in [6.07, 6.45) is 2.94. The number of hydrogen-bond donors (Lipinski definition) is 0. The van der Waals surface area contributed by atoms with Gasteiger partial charge in [-0.1, -0.05) is 18.2 Å². The van der Waals surface area contributed by atoms with Crippen LogP contribution >= 0.6 is 12.2 Å². The van der Waals surface area contributed by atoms with Crippen molar-refractivity contribution in [1.29, 1.82) is 0 Å². The van der Waals surface area contributed by atoms with Crippen molar-refractivity contribution in [3.8, 4) is 0 Å². The minimum Gasteiger partial charge on any atom is -0.475 e. The van der Waals surface area contributed by atoms with Gasteiger partial charge in [0.1, 0.15) is 12.4 Å². The topological polar surface area (TPSA) is 38.0 Å². The van der Waals surface area contributed by atoms with Gasteiger partial charge in [0.2, 0.25) is 5.11 Å². The molecule has 4 nitrogen and oxygen atoms in total. The van der Waals surface area contributed by atoms with Crippen molar-refractivity contribution in [1.82, 2.24) is 0 Å². The fourth-order valence-electron chi connectivity index (χ4n) is 1.45. The molecule has 0 saturated carbocycles. The molecule has 0 saturated heterocycles. The van der Waals surface area contributed by atoms with E-state index >= 15 is 0 Å². The maximum absolute atomic E-state index is 5.24. The zero-order valence-electron chi connectivity index (χ0n) is 10.5. The first-order valence-corrected chi connectivity index (χ1v) is 6.17. The summed E-state index contributed by atoms with van der Waals surface area (Å²) in [6.45, 7) is 0.341. The number of ether oxygens (including phenoxy) is 1. The Labute approximate surface area is 117 Å². The van der Waals surface area contributed by atoms with Gasteiger partial charge in [-0.25, -0.2) is 0 Å². The molecule has 0 aliphatic rings. The second-order valence-corrected chi connectivity index (χ2v) is 4.17. The molecule has 0 atom stereocenters. The molecular formula is C14H14N2O2S.